The lowest BCUT2D eigenvalue weighted by Gasteiger charge is -2.06. The molecule has 0 aliphatic rings. The lowest BCUT2D eigenvalue weighted by Crippen LogP contribution is -2.02. The third kappa shape index (κ3) is 1.85. The molecular formula is C8H6BrF2NO. The molecule has 0 unspecified atom stereocenters. The summed E-state index contributed by atoms with van der Waals surface area (Å²) in [6.45, 7) is 0. The van der Waals surface area contributed by atoms with Gasteiger partial charge in [-0.15, -0.1) is 0 Å². The van der Waals surface area contributed by atoms with Gasteiger partial charge in [-0.1, -0.05) is 0 Å². The molecule has 0 aliphatic carbocycles. The molecule has 0 saturated carbocycles. The summed E-state index contributed by atoms with van der Waals surface area (Å²) in [4.78, 5) is 10.1. The molecule has 0 amide bonds. The fourth-order valence-electron chi connectivity index (χ4n) is 0.942. The molecule has 13 heavy (non-hydrogen) atoms. The van der Waals surface area contributed by atoms with Crippen LogP contribution in [0.2, 0.25) is 0 Å². The zero-order valence-corrected chi connectivity index (χ0v) is 8.07. The van der Waals surface area contributed by atoms with Crippen molar-refractivity contribution in [3.63, 3.8) is 0 Å². The van der Waals surface area contributed by atoms with Crippen molar-refractivity contribution in [2.45, 2.75) is 6.42 Å². The Morgan fingerprint density at radius 2 is 2.15 bits per heavy atom. The van der Waals surface area contributed by atoms with Crippen molar-refractivity contribution in [3.05, 3.63) is 27.7 Å². The fourth-order valence-corrected chi connectivity index (χ4v) is 1.30. The standard InChI is InChI=1S/C8H6BrF2NO/c9-7-5(10)3-6(12)4(1-2-13)8(7)11/h2-3H,1,12H2. The summed E-state index contributed by atoms with van der Waals surface area (Å²) in [5, 5.41) is 0. The van der Waals surface area contributed by atoms with Gasteiger partial charge in [-0.2, -0.15) is 0 Å². The highest BCUT2D eigenvalue weighted by atomic mass is 79.9. The lowest BCUT2D eigenvalue weighted by molar-refractivity contribution is -0.107. The average molecular weight is 250 g/mol. The Balaban J connectivity index is 3.34. The van der Waals surface area contributed by atoms with Crippen LogP contribution in [0.5, 0.6) is 0 Å². The van der Waals surface area contributed by atoms with Crippen LogP contribution in [0.15, 0.2) is 10.5 Å². The number of hydrogen-bond donors (Lipinski definition) is 1. The van der Waals surface area contributed by atoms with E-state index in [2.05, 4.69) is 15.9 Å². The van der Waals surface area contributed by atoms with Crippen LogP contribution in [0.3, 0.4) is 0 Å². The Morgan fingerprint density at radius 3 is 2.69 bits per heavy atom. The Hall–Kier alpha value is -0.970. The highest BCUT2D eigenvalue weighted by Gasteiger charge is 2.14. The number of nitrogens with two attached hydrogens (primary N) is 1. The summed E-state index contributed by atoms with van der Waals surface area (Å²) < 4.78 is 25.7. The van der Waals surface area contributed by atoms with Gasteiger partial charge in [0.2, 0.25) is 0 Å². The third-order valence-corrected chi connectivity index (χ3v) is 2.31. The van der Waals surface area contributed by atoms with E-state index in [4.69, 9.17) is 5.73 Å². The van der Waals surface area contributed by atoms with Crippen molar-refractivity contribution in [1.82, 2.24) is 0 Å². The maximum absolute atomic E-state index is 13.2. The average Bonchev–Trinajstić information content (AvgIpc) is 2.09. The molecule has 0 heterocycles. The van der Waals surface area contributed by atoms with Gasteiger partial charge in [0.25, 0.3) is 0 Å². The normalized spacial score (nSPS) is 10.1. The number of benzene rings is 1. The van der Waals surface area contributed by atoms with Gasteiger partial charge in [-0.25, -0.2) is 8.78 Å². The van der Waals surface area contributed by atoms with Crippen LogP contribution in [-0.4, -0.2) is 6.29 Å². The molecule has 2 nitrogen and oxygen atoms in total. The predicted molar refractivity (Wildman–Crippen MR) is 48.2 cm³/mol. The number of hydrogen-bond acceptors (Lipinski definition) is 2. The summed E-state index contributed by atoms with van der Waals surface area (Å²) in [6, 6.07) is 0.978. The largest absolute Gasteiger partial charge is 0.398 e. The first kappa shape index (κ1) is 10.1. The smallest absolute Gasteiger partial charge is 0.146 e. The van der Waals surface area contributed by atoms with E-state index in [1.165, 1.54) is 0 Å². The van der Waals surface area contributed by atoms with Gasteiger partial charge >= 0.3 is 0 Å². The maximum Gasteiger partial charge on any atom is 0.146 e. The minimum atomic E-state index is -0.815. The molecule has 1 aromatic carbocycles. The molecule has 0 aliphatic heterocycles. The van der Waals surface area contributed by atoms with Crippen molar-refractivity contribution in [1.29, 1.82) is 0 Å². The number of carbonyl (C=O) groups is 1. The summed E-state index contributed by atoms with van der Waals surface area (Å²) >= 11 is 2.71. The van der Waals surface area contributed by atoms with Gasteiger partial charge in [0.15, 0.2) is 0 Å². The first-order valence-corrected chi connectivity index (χ1v) is 4.22. The van der Waals surface area contributed by atoms with Crippen molar-refractivity contribution >= 4 is 27.9 Å². The molecule has 0 atom stereocenters. The molecule has 0 spiro atoms. The molecule has 0 fully saturated rings. The minimum absolute atomic E-state index is 0.0169. The van der Waals surface area contributed by atoms with Crippen molar-refractivity contribution in [2.24, 2.45) is 0 Å². The van der Waals surface area contributed by atoms with Gasteiger partial charge in [0.1, 0.15) is 17.9 Å². The van der Waals surface area contributed by atoms with E-state index >= 15 is 0 Å². The fraction of sp³-hybridized carbons (Fsp3) is 0.125. The molecule has 5 heteroatoms. The quantitative estimate of drug-likeness (QED) is 0.496. The molecule has 2 N–H and O–H groups in total. The summed E-state index contributed by atoms with van der Waals surface area (Å²) in [7, 11) is 0. The number of anilines is 1. The SMILES string of the molecule is Nc1cc(F)c(Br)c(F)c1CC=O. The molecule has 0 radical (unpaired) electrons. The third-order valence-electron chi connectivity index (χ3n) is 1.59. The monoisotopic (exact) mass is 249 g/mol. The topological polar surface area (TPSA) is 43.1 Å². The number of rotatable bonds is 2. The number of aldehydes is 1. The van der Waals surface area contributed by atoms with Gasteiger partial charge in [-0.05, 0) is 22.0 Å². The molecule has 0 bridgehead atoms. The second-order valence-corrected chi connectivity index (χ2v) is 3.22. The molecule has 1 aromatic rings. The Bertz CT molecular complexity index is 354. The van der Waals surface area contributed by atoms with Crippen LogP contribution in [-0.2, 0) is 11.2 Å². The molecule has 70 valence electrons. The summed E-state index contributed by atoms with van der Waals surface area (Å²) in [5.74, 6) is -1.59. The minimum Gasteiger partial charge on any atom is -0.398 e. The molecular weight excluding hydrogens is 244 g/mol. The van der Waals surface area contributed by atoms with Gasteiger partial charge < -0.3 is 10.5 Å². The van der Waals surface area contributed by atoms with E-state index in [-0.39, 0.29) is 22.1 Å². The van der Waals surface area contributed by atoms with Crippen molar-refractivity contribution < 1.29 is 13.6 Å². The number of nitrogen functional groups attached to an aromatic ring is 1. The highest BCUT2D eigenvalue weighted by molar-refractivity contribution is 9.10. The van der Waals surface area contributed by atoms with Crippen LogP contribution in [0.4, 0.5) is 14.5 Å². The molecule has 1 rings (SSSR count). The van der Waals surface area contributed by atoms with E-state index in [0.717, 1.165) is 6.07 Å². The van der Waals surface area contributed by atoms with Crippen LogP contribution in [0, 0.1) is 11.6 Å². The van der Waals surface area contributed by atoms with Crippen molar-refractivity contribution in [3.8, 4) is 0 Å². The van der Waals surface area contributed by atoms with Gasteiger partial charge in [-0.3, -0.25) is 0 Å². The molecule has 0 aromatic heterocycles. The zero-order valence-electron chi connectivity index (χ0n) is 6.48. The predicted octanol–water partition coefficient (Wildman–Crippen LogP) is 2.05. The van der Waals surface area contributed by atoms with Crippen LogP contribution in [0.1, 0.15) is 5.56 Å². The maximum atomic E-state index is 13.2. The van der Waals surface area contributed by atoms with Crippen molar-refractivity contribution in [2.75, 3.05) is 5.73 Å². The van der Waals surface area contributed by atoms with E-state index in [1.807, 2.05) is 0 Å². The zero-order chi connectivity index (χ0) is 10.0. The molecule has 0 saturated heterocycles. The Labute approximate surface area is 81.9 Å². The highest BCUT2D eigenvalue weighted by Crippen LogP contribution is 2.27. The summed E-state index contributed by atoms with van der Waals surface area (Å²) in [5.41, 5.74) is 5.28. The van der Waals surface area contributed by atoms with Gasteiger partial charge in [0.05, 0.1) is 4.47 Å². The van der Waals surface area contributed by atoms with E-state index in [9.17, 15) is 13.6 Å². The Kier molecular flexibility index (Phi) is 2.98. The Morgan fingerprint density at radius 1 is 1.54 bits per heavy atom. The van der Waals surface area contributed by atoms with E-state index in [1.54, 1.807) is 0 Å². The van der Waals surface area contributed by atoms with E-state index < -0.39 is 11.6 Å². The second kappa shape index (κ2) is 3.83. The van der Waals surface area contributed by atoms with E-state index in [0.29, 0.717) is 6.29 Å². The first-order valence-electron chi connectivity index (χ1n) is 3.43. The first-order chi connectivity index (χ1) is 6.07. The number of carbonyl (C=O) groups excluding carboxylic acids is 1. The van der Waals surface area contributed by atoms with Crippen LogP contribution < -0.4 is 5.73 Å². The summed E-state index contributed by atoms with van der Waals surface area (Å²) in [6.07, 6.45) is 0.357. The van der Waals surface area contributed by atoms with Crippen LogP contribution in [0.25, 0.3) is 0 Å². The number of halogens is 3. The van der Waals surface area contributed by atoms with Crippen LogP contribution >= 0.6 is 15.9 Å². The lowest BCUT2D eigenvalue weighted by atomic mass is 10.1. The van der Waals surface area contributed by atoms with Gasteiger partial charge in [0, 0.05) is 17.7 Å². The second-order valence-electron chi connectivity index (χ2n) is 2.42.